The fourth-order valence-corrected chi connectivity index (χ4v) is 2.87. The van der Waals surface area contributed by atoms with Crippen molar-refractivity contribution in [1.29, 1.82) is 0 Å². The zero-order valence-electron chi connectivity index (χ0n) is 13.0. The molecule has 2 heterocycles. The number of fused-ring (bicyclic) bond motifs is 1. The highest BCUT2D eigenvalue weighted by Crippen LogP contribution is 2.25. The average Bonchev–Trinajstić information content (AvgIpc) is 3.28. The standard InChI is InChI=1S/C19H13BrN2O3/c20-18-8-7-16(24-18)19(23)21-11-15-10-17(25-22-15)14-6-5-12-3-1-2-4-13(12)9-14/h1-10H,11H2,(H,21,23). The first kappa shape index (κ1) is 15.7. The molecule has 0 aliphatic rings. The molecule has 5 nitrogen and oxygen atoms in total. The summed E-state index contributed by atoms with van der Waals surface area (Å²) in [7, 11) is 0. The van der Waals surface area contributed by atoms with Crippen LogP contribution in [-0.2, 0) is 6.54 Å². The van der Waals surface area contributed by atoms with E-state index in [9.17, 15) is 4.79 Å². The Labute approximate surface area is 151 Å². The minimum absolute atomic E-state index is 0.241. The fraction of sp³-hybridized carbons (Fsp3) is 0.0526. The maximum atomic E-state index is 12.0. The molecule has 0 bridgehead atoms. The molecule has 0 saturated heterocycles. The van der Waals surface area contributed by atoms with Gasteiger partial charge in [0.15, 0.2) is 16.2 Å². The second-order valence-corrected chi connectivity index (χ2v) is 6.31. The van der Waals surface area contributed by atoms with E-state index in [2.05, 4.69) is 44.6 Å². The molecule has 2 aromatic heterocycles. The first-order valence-electron chi connectivity index (χ1n) is 7.67. The second-order valence-electron chi connectivity index (χ2n) is 5.53. The number of furan rings is 1. The Morgan fingerprint density at radius 3 is 2.68 bits per heavy atom. The molecule has 1 N–H and O–H groups in total. The molecule has 0 saturated carbocycles. The van der Waals surface area contributed by atoms with Gasteiger partial charge in [-0.2, -0.15) is 0 Å². The Morgan fingerprint density at radius 2 is 1.88 bits per heavy atom. The normalized spacial score (nSPS) is 10.9. The van der Waals surface area contributed by atoms with Crippen molar-refractivity contribution in [3.05, 3.63) is 76.8 Å². The minimum atomic E-state index is -0.305. The Morgan fingerprint density at radius 1 is 1.04 bits per heavy atom. The van der Waals surface area contributed by atoms with Gasteiger partial charge in [-0.05, 0) is 44.9 Å². The molecular weight excluding hydrogens is 384 g/mol. The Hall–Kier alpha value is -2.86. The first-order valence-corrected chi connectivity index (χ1v) is 8.47. The summed E-state index contributed by atoms with van der Waals surface area (Å²) in [5.74, 6) is 0.599. The molecule has 0 radical (unpaired) electrons. The van der Waals surface area contributed by atoms with E-state index in [4.69, 9.17) is 8.94 Å². The van der Waals surface area contributed by atoms with Crippen LogP contribution in [0.3, 0.4) is 0 Å². The van der Waals surface area contributed by atoms with Crippen molar-refractivity contribution in [3.8, 4) is 11.3 Å². The average molecular weight is 397 g/mol. The lowest BCUT2D eigenvalue weighted by Gasteiger charge is -2.00. The number of carbonyl (C=O) groups excluding carboxylic acids is 1. The number of amides is 1. The summed E-state index contributed by atoms with van der Waals surface area (Å²) < 4.78 is 11.1. The highest BCUT2D eigenvalue weighted by atomic mass is 79.9. The van der Waals surface area contributed by atoms with Gasteiger partial charge in [0.05, 0.1) is 6.54 Å². The Balaban J connectivity index is 1.48. The molecule has 0 unspecified atom stereocenters. The lowest BCUT2D eigenvalue weighted by molar-refractivity contribution is 0.0921. The van der Waals surface area contributed by atoms with Crippen molar-refractivity contribution in [2.24, 2.45) is 0 Å². The van der Waals surface area contributed by atoms with E-state index in [0.29, 0.717) is 16.1 Å². The third-order valence-electron chi connectivity index (χ3n) is 3.82. The Bertz CT molecular complexity index is 1050. The molecular formula is C19H13BrN2O3. The van der Waals surface area contributed by atoms with Crippen LogP contribution in [0.5, 0.6) is 0 Å². The van der Waals surface area contributed by atoms with Gasteiger partial charge in [0.2, 0.25) is 0 Å². The summed E-state index contributed by atoms with van der Waals surface area (Å²) in [5, 5.41) is 9.06. The van der Waals surface area contributed by atoms with Gasteiger partial charge in [-0.1, -0.05) is 41.6 Å². The van der Waals surface area contributed by atoms with Crippen LogP contribution in [0, 0.1) is 0 Å². The molecule has 6 heteroatoms. The molecule has 0 spiro atoms. The number of hydrogen-bond acceptors (Lipinski definition) is 4. The van der Waals surface area contributed by atoms with E-state index in [1.165, 1.54) is 5.39 Å². The van der Waals surface area contributed by atoms with Gasteiger partial charge in [0.25, 0.3) is 5.91 Å². The lowest BCUT2D eigenvalue weighted by Crippen LogP contribution is -2.22. The highest BCUT2D eigenvalue weighted by Gasteiger charge is 2.12. The fourth-order valence-electron chi connectivity index (χ4n) is 2.57. The number of benzene rings is 2. The van der Waals surface area contributed by atoms with E-state index in [1.807, 2.05) is 30.3 Å². The van der Waals surface area contributed by atoms with E-state index < -0.39 is 0 Å². The van der Waals surface area contributed by atoms with Crippen molar-refractivity contribution in [2.45, 2.75) is 6.54 Å². The van der Waals surface area contributed by atoms with Crippen LogP contribution in [0.25, 0.3) is 22.1 Å². The molecule has 25 heavy (non-hydrogen) atoms. The third-order valence-corrected chi connectivity index (χ3v) is 4.25. The summed E-state index contributed by atoms with van der Waals surface area (Å²) in [5.41, 5.74) is 1.58. The van der Waals surface area contributed by atoms with Crippen LogP contribution >= 0.6 is 15.9 Å². The van der Waals surface area contributed by atoms with Crippen LogP contribution in [0.1, 0.15) is 16.2 Å². The molecule has 1 amide bonds. The van der Waals surface area contributed by atoms with Crippen LogP contribution in [-0.4, -0.2) is 11.1 Å². The first-order chi connectivity index (χ1) is 12.2. The van der Waals surface area contributed by atoms with Gasteiger partial charge in [-0.25, -0.2) is 0 Å². The van der Waals surface area contributed by atoms with Gasteiger partial charge in [0.1, 0.15) is 5.69 Å². The SMILES string of the molecule is O=C(NCc1cc(-c2ccc3ccccc3c2)on1)c1ccc(Br)o1. The molecule has 0 atom stereocenters. The summed E-state index contributed by atoms with van der Waals surface area (Å²) in [6.45, 7) is 0.258. The van der Waals surface area contributed by atoms with Gasteiger partial charge >= 0.3 is 0 Å². The molecule has 0 aliphatic carbocycles. The monoisotopic (exact) mass is 396 g/mol. The third kappa shape index (κ3) is 3.34. The lowest BCUT2D eigenvalue weighted by atomic mass is 10.1. The maximum absolute atomic E-state index is 12.0. The van der Waals surface area contributed by atoms with E-state index in [0.717, 1.165) is 10.9 Å². The predicted molar refractivity (Wildman–Crippen MR) is 97.0 cm³/mol. The molecule has 4 rings (SSSR count). The van der Waals surface area contributed by atoms with Gasteiger partial charge < -0.3 is 14.3 Å². The van der Waals surface area contributed by atoms with Crippen molar-refractivity contribution < 1.29 is 13.7 Å². The van der Waals surface area contributed by atoms with Crippen LogP contribution in [0.2, 0.25) is 0 Å². The number of carbonyl (C=O) groups is 1. The Kier molecular flexibility index (Phi) is 4.11. The second kappa shape index (κ2) is 6.57. The van der Waals surface area contributed by atoms with E-state index >= 15 is 0 Å². The van der Waals surface area contributed by atoms with Crippen LogP contribution < -0.4 is 5.32 Å². The van der Waals surface area contributed by atoms with E-state index in [1.54, 1.807) is 12.1 Å². The molecule has 124 valence electrons. The van der Waals surface area contributed by atoms with Gasteiger partial charge in [0, 0.05) is 11.6 Å². The predicted octanol–water partition coefficient (Wildman–Crippen LogP) is 4.78. The molecule has 0 fully saturated rings. The van der Waals surface area contributed by atoms with E-state index in [-0.39, 0.29) is 18.2 Å². The molecule has 0 aliphatic heterocycles. The number of nitrogens with zero attached hydrogens (tertiary/aromatic N) is 1. The van der Waals surface area contributed by atoms with Crippen molar-refractivity contribution in [3.63, 3.8) is 0 Å². The number of aromatic nitrogens is 1. The molecule has 2 aromatic carbocycles. The number of hydrogen-bond donors (Lipinski definition) is 1. The summed E-state index contributed by atoms with van der Waals surface area (Å²) in [6, 6.07) is 19.3. The maximum Gasteiger partial charge on any atom is 0.287 e. The van der Waals surface area contributed by atoms with Gasteiger partial charge in [-0.15, -0.1) is 0 Å². The number of halogens is 1. The minimum Gasteiger partial charge on any atom is -0.444 e. The smallest absolute Gasteiger partial charge is 0.287 e. The van der Waals surface area contributed by atoms with Crippen LogP contribution in [0.4, 0.5) is 0 Å². The largest absolute Gasteiger partial charge is 0.444 e. The van der Waals surface area contributed by atoms with Crippen molar-refractivity contribution in [2.75, 3.05) is 0 Å². The molecule has 4 aromatic rings. The van der Waals surface area contributed by atoms with Crippen LogP contribution in [0.15, 0.2) is 74.3 Å². The number of nitrogens with one attached hydrogen (secondary N) is 1. The zero-order chi connectivity index (χ0) is 17.2. The van der Waals surface area contributed by atoms with Crippen molar-refractivity contribution >= 4 is 32.6 Å². The summed E-state index contributed by atoms with van der Waals surface area (Å²) in [4.78, 5) is 12.0. The quantitative estimate of drug-likeness (QED) is 0.538. The highest BCUT2D eigenvalue weighted by molar-refractivity contribution is 9.10. The summed E-state index contributed by atoms with van der Waals surface area (Å²) in [6.07, 6.45) is 0. The topological polar surface area (TPSA) is 68.3 Å². The number of rotatable bonds is 4. The van der Waals surface area contributed by atoms with Crippen molar-refractivity contribution in [1.82, 2.24) is 10.5 Å². The summed E-state index contributed by atoms with van der Waals surface area (Å²) >= 11 is 3.17. The zero-order valence-corrected chi connectivity index (χ0v) is 14.6. The van der Waals surface area contributed by atoms with Gasteiger partial charge in [-0.3, -0.25) is 4.79 Å².